The highest BCUT2D eigenvalue weighted by molar-refractivity contribution is 5.92. The molecule has 6 rings (SSSR count). The fraction of sp³-hybridized carbons (Fsp3) is 0.375. The second kappa shape index (κ2) is 11.3. The molecule has 2 aliphatic heterocycles. The summed E-state index contributed by atoms with van der Waals surface area (Å²) in [4.78, 5) is 18.3. The number of alkyl halides is 3. The van der Waals surface area contributed by atoms with Crippen molar-refractivity contribution in [1.29, 1.82) is 0 Å². The van der Waals surface area contributed by atoms with Gasteiger partial charge in [0.25, 0.3) is 0 Å². The average molecular weight is 598 g/mol. The zero-order valence-corrected chi connectivity index (χ0v) is 23.7. The molecule has 2 atom stereocenters. The molecule has 43 heavy (non-hydrogen) atoms. The summed E-state index contributed by atoms with van der Waals surface area (Å²) >= 11 is 0. The molecule has 1 aromatic heterocycles. The number of hydrogen-bond acceptors (Lipinski definition) is 5. The summed E-state index contributed by atoms with van der Waals surface area (Å²) in [6.45, 7) is 5.60. The number of aryl methyl sites for hydroxylation is 1. The van der Waals surface area contributed by atoms with Gasteiger partial charge in [0.1, 0.15) is 23.7 Å². The molecule has 1 N–H and O–H groups in total. The van der Waals surface area contributed by atoms with E-state index in [-0.39, 0.29) is 42.1 Å². The quantitative estimate of drug-likeness (QED) is 0.228. The van der Waals surface area contributed by atoms with Gasteiger partial charge in [-0.15, -0.1) is 0 Å². The van der Waals surface area contributed by atoms with Crippen LogP contribution < -0.4 is 4.74 Å². The normalized spacial score (nSPS) is 18.8. The molecule has 1 fully saturated rings. The van der Waals surface area contributed by atoms with E-state index in [9.17, 15) is 27.5 Å². The Bertz CT molecular complexity index is 1680. The van der Waals surface area contributed by atoms with Crippen LogP contribution in [0.2, 0.25) is 0 Å². The fourth-order valence-electron chi connectivity index (χ4n) is 5.79. The summed E-state index contributed by atoms with van der Waals surface area (Å²) in [5.74, 6) is -1.66. The molecule has 226 valence electrons. The molecule has 2 aliphatic rings. The largest absolute Gasteiger partial charge is 0.488 e. The standard InChI is InChI=1S/C32H31F4N3O4/c1-18-3-5-20(6-4-18)17-43-28-14-24-19(2)38(9-7-21(24)11-25(28)32(34,35)36)16-29-37-30-26(33)12-22(31(40)41)13-27(30)39(29)15-23-8-10-42-23/h3-6,11-14,19,23H,7-10,15-17H2,1-2H3,(H,40,41)/t19-,23-/m0/s1. The number of carboxylic acids is 1. The van der Waals surface area contributed by atoms with Gasteiger partial charge in [0.05, 0.1) is 35.8 Å². The molecule has 0 saturated carbocycles. The average Bonchev–Trinajstić information content (AvgIpc) is 3.28. The molecule has 3 aromatic carbocycles. The number of aromatic nitrogens is 2. The van der Waals surface area contributed by atoms with Crippen molar-refractivity contribution < 1.29 is 36.9 Å². The first-order valence-electron chi connectivity index (χ1n) is 14.2. The van der Waals surface area contributed by atoms with E-state index in [2.05, 4.69) is 9.88 Å². The predicted octanol–water partition coefficient (Wildman–Crippen LogP) is 6.69. The maximum atomic E-state index is 15.0. The number of halogens is 4. The topological polar surface area (TPSA) is 76.8 Å². The van der Waals surface area contributed by atoms with E-state index in [1.807, 2.05) is 38.1 Å². The maximum Gasteiger partial charge on any atom is 0.419 e. The molecule has 0 aliphatic carbocycles. The van der Waals surface area contributed by atoms with Gasteiger partial charge < -0.3 is 19.1 Å². The van der Waals surface area contributed by atoms with Crippen LogP contribution in [-0.2, 0) is 37.0 Å². The third-order valence-corrected chi connectivity index (χ3v) is 8.39. The molecule has 7 nitrogen and oxygen atoms in total. The number of ether oxygens (including phenoxy) is 2. The van der Waals surface area contributed by atoms with Crippen molar-refractivity contribution in [3.63, 3.8) is 0 Å². The summed E-state index contributed by atoms with van der Waals surface area (Å²) in [7, 11) is 0. The summed E-state index contributed by atoms with van der Waals surface area (Å²) in [6.07, 6.45) is -3.47. The predicted molar refractivity (Wildman–Crippen MR) is 150 cm³/mol. The van der Waals surface area contributed by atoms with Crippen LogP contribution in [0.4, 0.5) is 17.6 Å². The number of benzene rings is 3. The van der Waals surface area contributed by atoms with Crippen molar-refractivity contribution in [2.75, 3.05) is 13.2 Å². The van der Waals surface area contributed by atoms with Gasteiger partial charge >= 0.3 is 12.1 Å². The second-order valence-corrected chi connectivity index (χ2v) is 11.3. The van der Waals surface area contributed by atoms with Crippen LogP contribution in [0, 0.1) is 12.7 Å². The zero-order valence-electron chi connectivity index (χ0n) is 23.7. The highest BCUT2D eigenvalue weighted by Crippen LogP contribution is 2.42. The lowest BCUT2D eigenvalue weighted by molar-refractivity contribution is -0.139. The van der Waals surface area contributed by atoms with Gasteiger partial charge in [0.2, 0.25) is 0 Å². The van der Waals surface area contributed by atoms with Gasteiger partial charge in [0, 0.05) is 19.2 Å². The minimum absolute atomic E-state index is 0.00258. The summed E-state index contributed by atoms with van der Waals surface area (Å²) < 4.78 is 70.4. The van der Waals surface area contributed by atoms with Crippen LogP contribution >= 0.6 is 0 Å². The lowest BCUT2D eigenvalue weighted by atomic mass is 9.91. The molecule has 0 spiro atoms. The van der Waals surface area contributed by atoms with Crippen molar-refractivity contribution in [2.24, 2.45) is 0 Å². The van der Waals surface area contributed by atoms with Crippen LogP contribution in [0.15, 0.2) is 48.5 Å². The van der Waals surface area contributed by atoms with E-state index in [4.69, 9.17) is 9.47 Å². The van der Waals surface area contributed by atoms with Gasteiger partial charge in [-0.25, -0.2) is 14.2 Å². The molecular formula is C32H31F4N3O4. The molecule has 0 unspecified atom stereocenters. The zero-order chi connectivity index (χ0) is 30.5. The van der Waals surface area contributed by atoms with Gasteiger partial charge in [-0.05, 0) is 67.6 Å². The number of rotatable bonds is 8. The van der Waals surface area contributed by atoms with E-state index in [1.54, 1.807) is 4.57 Å². The first-order valence-corrected chi connectivity index (χ1v) is 14.2. The van der Waals surface area contributed by atoms with E-state index in [1.165, 1.54) is 18.2 Å². The minimum Gasteiger partial charge on any atom is -0.488 e. The Morgan fingerprint density at radius 1 is 1.16 bits per heavy atom. The Morgan fingerprint density at radius 3 is 2.56 bits per heavy atom. The number of hydrogen-bond donors (Lipinski definition) is 1. The molecule has 0 radical (unpaired) electrons. The van der Waals surface area contributed by atoms with Crippen LogP contribution in [0.5, 0.6) is 5.75 Å². The van der Waals surface area contributed by atoms with Crippen molar-refractivity contribution in [1.82, 2.24) is 14.5 Å². The lowest BCUT2D eigenvalue weighted by Crippen LogP contribution is -2.36. The van der Waals surface area contributed by atoms with Gasteiger partial charge in [-0.3, -0.25) is 4.90 Å². The Kier molecular flexibility index (Phi) is 7.64. The van der Waals surface area contributed by atoms with Gasteiger partial charge in [-0.1, -0.05) is 29.8 Å². The molecular weight excluding hydrogens is 566 g/mol. The maximum absolute atomic E-state index is 15.0. The molecule has 0 bridgehead atoms. The molecule has 11 heteroatoms. The first-order chi connectivity index (χ1) is 20.5. The van der Waals surface area contributed by atoms with Crippen LogP contribution in [0.1, 0.15) is 63.4 Å². The van der Waals surface area contributed by atoms with E-state index >= 15 is 0 Å². The Labute approximate surface area is 245 Å². The van der Waals surface area contributed by atoms with Gasteiger partial charge in [-0.2, -0.15) is 13.2 Å². The highest BCUT2D eigenvalue weighted by atomic mass is 19.4. The van der Waals surface area contributed by atoms with Crippen LogP contribution in [-0.4, -0.2) is 44.8 Å². The molecule has 3 heterocycles. The van der Waals surface area contributed by atoms with Gasteiger partial charge in [0.15, 0.2) is 5.82 Å². The highest BCUT2D eigenvalue weighted by Gasteiger charge is 2.37. The van der Waals surface area contributed by atoms with Crippen LogP contribution in [0.3, 0.4) is 0 Å². The number of imidazole rings is 1. The summed E-state index contributed by atoms with van der Waals surface area (Å²) in [5, 5.41) is 9.49. The number of nitrogens with zero attached hydrogens (tertiary/aromatic N) is 3. The van der Waals surface area contributed by atoms with Crippen molar-refractivity contribution in [3.8, 4) is 5.75 Å². The fourth-order valence-corrected chi connectivity index (χ4v) is 5.79. The van der Waals surface area contributed by atoms with Crippen molar-refractivity contribution in [3.05, 3.63) is 93.6 Å². The number of carboxylic acid groups (broad SMARTS) is 1. The van der Waals surface area contributed by atoms with Crippen molar-refractivity contribution in [2.45, 2.75) is 64.7 Å². The third-order valence-electron chi connectivity index (χ3n) is 8.39. The Morgan fingerprint density at radius 2 is 1.91 bits per heavy atom. The van der Waals surface area contributed by atoms with E-state index in [0.29, 0.717) is 43.0 Å². The molecule has 4 aromatic rings. The number of fused-ring (bicyclic) bond motifs is 2. The summed E-state index contributed by atoms with van der Waals surface area (Å²) in [6, 6.07) is 12.2. The number of carbonyl (C=O) groups is 1. The minimum atomic E-state index is -4.58. The smallest absolute Gasteiger partial charge is 0.419 e. The molecule has 0 amide bonds. The molecule has 1 saturated heterocycles. The SMILES string of the molecule is Cc1ccc(COc2cc3c(cc2C(F)(F)F)CCN(Cc2nc4c(F)cc(C(=O)O)cc4n2C[C@@H]2CCO2)[C@H]3C)cc1. The number of aromatic carboxylic acids is 1. The first kappa shape index (κ1) is 29.1. The van der Waals surface area contributed by atoms with E-state index in [0.717, 1.165) is 29.2 Å². The lowest BCUT2D eigenvalue weighted by Gasteiger charge is -2.36. The Balaban J connectivity index is 1.32. The second-order valence-electron chi connectivity index (χ2n) is 11.3. The Hall–Kier alpha value is -3.96. The van der Waals surface area contributed by atoms with Crippen LogP contribution in [0.25, 0.3) is 11.0 Å². The van der Waals surface area contributed by atoms with Crippen molar-refractivity contribution >= 4 is 17.0 Å². The van der Waals surface area contributed by atoms with E-state index < -0.39 is 23.5 Å². The monoisotopic (exact) mass is 597 g/mol. The summed E-state index contributed by atoms with van der Waals surface area (Å²) in [5.41, 5.74) is 2.60. The third kappa shape index (κ3) is 5.83.